The van der Waals surface area contributed by atoms with Crippen LogP contribution in [0.3, 0.4) is 0 Å². The first-order valence-corrected chi connectivity index (χ1v) is 5.82. The molecule has 2 nitrogen and oxygen atoms in total. The van der Waals surface area contributed by atoms with Crippen LogP contribution in [0.4, 0.5) is 0 Å². The molecular formula is C15H15N2+. The smallest absolute Gasteiger partial charge is 0.202 e. The Morgan fingerprint density at radius 2 is 1.71 bits per heavy atom. The van der Waals surface area contributed by atoms with Crippen LogP contribution in [-0.4, -0.2) is 4.57 Å². The maximum absolute atomic E-state index is 2.29. The molecule has 0 aliphatic rings. The summed E-state index contributed by atoms with van der Waals surface area (Å²) in [5.41, 5.74) is 4.97. The molecule has 0 spiro atoms. The van der Waals surface area contributed by atoms with E-state index in [1.165, 1.54) is 22.6 Å². The highest BCUT2D eigenvalue weighted by Crippen LogP contribution is 2.17. The fourth-order valence-corrected chi connectivity index (χ4v) is 2.31. The second kappa shape index (κ2) is 3.74. The Morgan fingerprint density at radius 3 is 2.53 bits per heavy atom. The molecule has 3 aromatic rings. The van der Waals surface area contributed by atoms with Crippen molar-refractivity contribution >= 4 is 5.65 Å². The number of nitrogens with zero attached hydrogens (tertiary/aromatic N) is 2. The number of hydrogen-bond acceptors (Lipinski definition) is 0. The first-order valence-electron chi connectivity index (χ1n) is 5.82. The zero-order chi connectivity index (χ0) is 11.8. The maximum Gasteiger partial charge on any atom is 0.291 e. The lowest BCUT2D eigenvalue weighted by atomic mass is 10.2. The molecule has 0 aliphatic carbocycles. The molecule has 0 amide bonds. The minimum absolute atomic E-state index is 1.19. The minimum atomic E-state index is 1.19. The van der Waals surface area contributed by atoms with Crippen molar-refractivity contribution in [2.45, 2.75) is 13.8 Å². The fourth-order valence-electron chi connectivity index (χ4n) is 2.31. The topological polar surface area (TPSA) is 9.03 Å². The fraction of sp³-hybridized carbons (Fsp3) is 0.133. The third-order valence-corrected chi connectivity index (χ3v) is 3.13. The van der Waals surface area contributed by atoms with Crippen molar-refractivity contribution in [1.82, 2.24) is 4.57 Å². The third-order valence-electron chi connectivity index (χ3n) is 3.13. The Hall–Kier alpha value is -2.09. The lowest BCUT2D eigenvalue weighted by Gasteiger charge is -2.02. The summed E-state index contributed by atoms with van der Waals surface area (Å²) in [6.45, 7) is 4.29. The zero-order valence-electron chi connectivity index (χ0n) is 10.1. The van der Waals surface area contributed by atoms with E-state index in [0.29, 0.717) is 0 Å². The van der Waals surface area contributed by atoms with E-state index < -0.39 is 0 Å². The van der Waals surface area contributed by atoms with Crippen LogP contribution < -0.4 is 4.40 Å². The SMILES string of the molecule is Cc1ccccc1-n1c(C)c[n+]2ccccc12. The van der Waals surface area contributed by atoms with E-state index >= 15 is 0 Å². The zero-order valence-corrected chi connectivity index (χ0v) is 10.1. The molecule has 2 aromatic heterocycles. The molecule has 0 radical (unpaired) electrons. The van der Waals surface area contributed by atoms with Crippen molar-refractivity contribution in [2.75, 3.05) is 0 Å². The summed E-state index contributed by atoms with van der Waals surface area (Å²) in [6, 6.07) is 14.7. The number of benzene rings is 1. The van der Waals surface area contributed by atoms with Crippen molar-refractivity contribution in [3.8, 4) is 5.69 Å². The van der Waals surface area contributed by atoms with Gasteiger partial charge in [-0.25, -0.2) is 4.40 Å². The number of aromatic nitrogens is 2. The van der Waals surface area contributed by atoms with Gasteiger partial charge in [0, 0.05) is 13.0 Å². The standard InChI is InChI=1S/C15H15N2/c1-12-7-3-4-8-14(12)17-13(2)11-16-10-6-5-9-15(16)17/h3-11H,1-2H3/q+1. The quantitative estimate of drug-likeness (QED) is 0.561. The maximum atomic E-state index is 2.29. The molecule has 0 saturated carbocycles. The molecule has 0 bridgehead atoms. The Balaban J connectivity index is 2.38. The van der Waals surface area contributed by atoms with Gasteiger partial charge in [-0.2, -0.15) is 4.57 Å². The van der Waals surface area contributed by atoms with Gasteiger partial charge in [0.2, 0.25) is 0 Å². The molecule has 3 rings (SSSR count). The van der Waals surface area contributed by atoms with Crippen molar-refractivity contribution in [1.29, 1.82) is 0 Å². The summed E-state index contributed by atoms with van der Waals surface area (Å²) in [5.74, 6) is 0. The monoisotopic (exact) mass is 223 g/mol. The summed E-state index contributed by atoms with van der Waals surface area (Å²) in [5, 5.41) is 0. The number of aryl methyl sites for hydroxylation is 2. The first kappa shape index (κ1) is 10.1. The van der Waals surface area contributed by atoms with E-state index in [4.69, 9.17) is 0 Å². The molecule has 0 fully saturated rings. The van der Waals surface area contributed by atoms with Gasteiger partial charge in [0.1, 0.15) is 17.6 Å². The van der Waals surface area contributed by atoms with Crippen molar-refractivity contribution in [3.63, 3.8) is 0 Å². The summed E-state index contributed by atoms with van der Waals surface area (Å²) in [7, 11) is 0. The lowest BCUT2D eigenvalue weighted by Crippen LogP contribution is -2.17. The molecule has 0 unspecified atom stereocenters. The van der Waals surface area contributed by atoms with Crippen LogP contribution in [0.15, 0.2) is 54.9 Å². The van der Waals surface area contributed by atoms with E-state index in [9.17, 15) is 0 Å². The summed E-state index contributed by atoms with van der Waals surface area (Å²) in [6.07, 6.45) is 4.23. The molecular weight excluding hydrogens is 208 g/mol. The van der Waals surface area contributed by atoms with Crippen LogP contribution in [0.1, 0.15) is 11.3 Å². The first-order chi connectivity index (χ1) is 8.27. The number of pyridine rings is 1. The van der Waals surface area contributed by atoms with Crippen LogP contribution in [0.2, 0.25) is 0 Å². The van der Waals surface area contributed by atoms with Gasteiger partial charge < -0.3 is 0 Å². The second-order valence-electron chi connectivity index (χ2n) is 4.36. The molecule has 0 N–H and O–H groups in total. The van der Waals surface area contributed by atoms with E-state index in [1.54, 1.807) is 0 Å². The van der Waals surface area contributed by atoms with Gasteiger partial charge in [0.15, 0.2) is 0 Å². The number of imidazole rings is 1. The van der Waals surface area contributed by atoms with Crippen LogP contribution in [-0.2, 0) is 0 Å². The largest absolute Gasteiger partial charge is 0.291 e. The molecule has 2 heteroatoms. The number of para-hydroxylation sites is 1. The molecule has 0 saturated heterocycles. The molecule has 84 valence electrons. The Bertz CT molecular complexity index is 680. The predicted molar refractivity (Wildman–Crippen MR) is 68.4 cm³/mol. The van der Waals surface area contributed by atoms with Crippen molar-refractivity contribution < 1.29 is 4.40 Å². The van der Waals surface area contributed by atoms with Crippen molar-refractivity contribution in [3.05, 3.63) is 66.1 Å². The average molecular weight is 223 g/mol. The van der Waals surface area contributed by atoms with Crippen LogP contribution in [0.5, 0.6) is 0 Å². The number of fused-ring (bicyclic) bond motifs is 1. The van der Waals surface area contributed by atoms with Gasteiger partial charge in [-0.3, -0.25) is 0 Å². The summed E-state index contributed by atoms with van der Waals surface area (Å²) >= 11 is 0. The number of rotatable bonds is 1. The highest BCUT2D eigenvalue weighted by Gasteiger charge is 2.16. The van der Waals surface area contributed by atoms with Crippen LogP contribution in [0, 0.1) is 13.8 Å². The molecule has 1 aromatic carbocycles. The van der Waals surface area contributed by atoms with E-state index in [1.807, 2.05) is 0 Å². The highest BCUT2D eigenvalue weighted by molar-refractivity contribution is 5.49. The predicted octanol–water partition coefficient (Wildman–Crippen LogP) is 2.83. The van der Waals surface area contributed by atoms with E-state index in [0.717, 1.165) is 0 Å². The molecule has 0 atom stereocenters. The molecule has 2 heterocycles. The Labute approximate surface area is 101 Å². The van der Waals surface area contributed by atoms with Crippen LogP contribution >= 0.6 is 0 Å². The van der Waals surface area contributed by atoms with E-state index in [2.05, 4.69) is 77.7 Å². The lowest BCUT2D eigenvalue weighted by molar-refractivity contribution is -0.510. The van der Waals surface area contributed by atoms with E-state index in [-0.39, 0.29) is 0 Å². The van der Waals surface area contributed by atoms with Gasteiger partial charge in [0.05, 0.1) is 6.20 Å². The van der Waals surface area contributed by atoms with Gasteiger partial charge in [-0.15, -0.1) is 0 Å². The van der Waals surface area contributed by atoms with Gasteiger partial charge >= 0.3 is 0 Å². The molecule has 17 heavy (non-hydrogen) atoms. The van der Waals surface area contributed by atoms with Crippen LogP contribution in [0.25, 0.3) is 11.3 Å². The molecule has 0 aliphatic heterocycles. The van der Waals surface area contributed by atoms with Gasteiger partial charge in [0.25, 0.3) is 5.65 Å². The third kappa shape index (κ3) is 1.53. The Morgan fingerprint density at radius 1 is 0.941 bits per heavy atom. The highest BCUT2D eigenvalue weighted by atomic mass is 15.1. The second-order valence-corrected chi connectivity index (χ2v) is 4.36. The number of hydrogen-bond donors (Lipinski definition) is 0. The average Bonchev–Trinajstić information content (AvgIpc) is 2.66. The Kier molecular flexibility index (Phi) is 2.22. The summed E-state index contributed by atoms with van der Waals surface area (Å²) in [4.78, 5) is 0. The minimum Gasteiger partial charge on any atom is -0.202 e. The van der Waals surface area contributed by atoms with Gasteiger partial charge in [-0.1, -0.05) is 24.3 Å². The normalized spacial score (nSPS) is 10.9. The van der Waals surface area contributed by atoms with Gasteiger partial charge in [-0.05, 0) is 24.6 Å². The summed E-state index contributed by atoms with van der Waals surface area (Å²) < 4.78 is 4.44. The van der Waals surface area contributed by atoms with Crippen molar-refractivity contribution in [2.24, 2.45) is 0 Å².